The smallest absolute Gasteiger partial charge is 0.409 e. The van der Waals surface area contributed by atoms with E-state index in [9.17, 15) is 28.7 Å². The third-order valence-electron chi connectivity index (χ3n) is 6.66. The Bertz CT molecular complexity index is 1370. The number of hydrogen-bond donors (Lipinski definition) is 3. The van der Waals surface area contributed by atoms with E-state index in [1.807, 2.05) is 55.5 Å². The van der Waals surface area contributed by atoms with Crippen LogP contribution in [0.15, 0.2) is 66.7 Å². The molecular formula is C29H34N5O7P. The van der Waals surface area contributed by atoms with Crippen molar-refractivity contribution < 1.29 is 33.5 Å². The first kappa shape index (κ1) is 30.8. The van der Waals surface area contributed by atoms with Crippen molar-refractivity contribution >= 4 is 25.5 Å². The fourth-order valence-electron chi connectivity index (χ4n) is 4.42. The number of nitrogens with zero attached hydrogens (tertiary/aromatic N) is 4. The predicted octanol–water partition coefficient (Wildman–Crippen LogP) is 3.17. The molecule has 2 heterocycles. The molecule has 42 heavy (non-hydrogen) atoms. The van der Waals surface area contributed by atoms with Crippen LogP contribution in [-0.2, 0) is 14.1 Å². The Balaban J connectivity index is 1.54. The van der Waals surface area contributed by atoms with Gasteiger partial charge < -0.3 is 29.6 Å². The van der Waals surface area contributed by atoms with Crippen LogP contribution in [-0.4, -0.2) is 92.5 Å². The Labute approximate surface area is 243 Å². The zero-order chi connectivity index (χ0) is 30.1. The van der Waals surface area contributed by atoms with Crippen LogP contribution in [0, 0.1) is 0 Å². The molecule has 0 spiro atoms. The highest BCUT2D eigenvalue weighted by molar-refractivity contribution is 7.51. The first-order chi connectivity index (χ1) is 20.1. The third kappa shape index (κ3) is 8.45. The van der Waals surface area contributed by atoms with E-state index in [1.54, 1.807) is 12.1 Å². The van der Waals surface area contributed by atoms with Crippen molar-refractivity contribution in [3.05, 3.63) is 72.4 Å². The topological polar surface area (TPSA) is 162 Å². The number of carbonyl (C=O) groups excluding carboxylic acids is 3. The van der Waals surface area contributed by atoms with E-state index < -0.39 is 37.7 Å². The number of rotatable bonds is 10. The Hall–Kier alpha value is -4.12. The van der Waals surface area contributed by atoms with Crippen molar-refractivity contribution in [2.75, 3.05) is 38.9 Å². The van der Waals surface area contributed by atoms with Gasteiger partial charge in [-0.2, -0.15) is 0 Å². The summed E-state index contributed by atoms with van der Waals surface area (Å²) >= 11 is 0. The van der Waals surface area contributed by atoms with Gasteiger partial charge in [-0.15, -0.1) is 0 Å². The maximum Gasteiger partial charge on any atom is 0.409 e. The third-order valence-corrected chi connectivity index (χ3v) is 7.50. The van der Waals surface area contributed by atoms with Gasteiger partial charge in [0.1, 0.15) is 11.7 Å². The van der Waals surface area contributed by atoms with Crippen molar-refractivity contribution in [3.63, 3.8) is 0 Å². The Morgan fingerprint density at radius 3 is 2.12 bits per heavy atom. The van der Waals surface area contributed by atoms with Crippen LogP contribution in [0.1, 0.15) is 30.3 Å². The van der Waals surface area contributed by atoms with E-state index in [4.69, 9.17) is 4.74 Å². The van der Waals surface area contributed by atoms with Crippen molar-refractivity contribution in [2.24, 2.45) is 0 Å². The molecule has 0 radical (unpaired) electrons. The van der Waals surface area contributed by atoms with Crippen LogP contribution in [0.5, 0.6) is 0 Å². The lowest BCUT2D eigenvalue weighted by Crippen LogP contribution is -2.56. The normalized spacial score (nSPS) is 14.3. The fraction of sp³-hybridized carbons (Fsp3) is 0.345. The molecule has 0 saturated carbocycles. The maximum atomic E-state index is 13.5. The lowest BCUT2D eigenvalue weighted by Gasteiger charge is -2.36. The number of unbranched alkanes of at least 4 members (excludes halogenated alkanes) is 1. The molecule has 1 fully saturated rings. The molecule has 4 rings (SSSR count). The molecule has 1 aliphatic rings. The molecular weight excluding hydrogens is 561 g/mol. The minimum Gasteiger partial charge on any atom is -0.449 e. The molecule has 1 aliphatic heterocycles. The summed E-state index contributed by atoms with van der Waals surface area (Å²) in [5.41, 5.74) is 1.80. The van der Waals surface area contributed by atoms with E-state index in [2.05, 4.69) is 15.3 Å². The predicted molar refractivity (Wildman–Crippen MR) is 155 cm³/mol. The SMILES string of the molecule is CCCCOC(=O)N1CCN(C(=O)[C@H](CP(=O)(O)O)NC(=O)c2cc(-c3ccccc3)nc(-c3ccccc3)n2)CC1. The number of piperazine rings is 1. The molecule has 12 nitrogen and oxygen atoms in total. The molecule has 13 heteroatoms. The van der Waals surface area contributed by atoms with Crippen molar-refractivity contribution in [3.8, 4) is 22.6 Å². The summed E-state index contributed by atoms with van der Waals surface area (Å²) < 4.78 is 17.2. The number of benzene rings is 2. The quantitative estimate of drug-likeness (QED) is 0.236. The van der Waals surface area contributed by atoms with Crippen molar-refractivity contribution in [1.29, 1.82) is 0 Å². The average molecular weight is 596 g/mol. The summed E-state index contributed by atoms with van der Waals surface area (Å²) in [6.07, 6.45) is 0.278. The van der Waals surface area contributed by atoms with Crippen LogP contribution in [0.3, 0.4) is 0 Å². The van der Waals surface area contributed by atoms with Gasteiger partial charge in [0.05, 0.1) is 18.5 Å². The summed E-state index contributed by atoms with van der Waals surface area (Å²) in [6.45, 7) is 2.93. The van der Waals surface area contributed by atoms with Crippen LogP contribution in [0.4, 0.5) is 4.79 Å². The highest BCUT2D eigenvalue weighted by Crippen LogP contribution is 2.35. The van der Waals surface area contributed by atoms with Crippen LogP contribution in [0.25, 0.3) is 22.6 Å². The molecule has 3 amide bonds. The largest absolute Gasteiger partial charge is 0.449 e. The van der Waals surface area contributed by atoms with Crippen LogP contribution in [0.2, 0.25) is 0 Å². The molecule has 2 aromatic carbocycles. The molecule has 3 aromatic rings. The maximum absolute atomic E-state index is 13.5. The number of aromatic nitrogens is 2. The molecule has 0 bridgehead atoms. The molecule has 0 aliphatic carbocycles. The van der Waals surface area contributed by atoms with E-state index in [0.717, 1.165) is 18.4 Å². The van der Waals surface area contributed by atoms with Gasteiger partial charge in [-0.05, 0) is 12.5 Å². The minimum atomic E-state index is -4.71. The molecule has 3 N–H and O–H groups in total. The summed E-state index contributed by atoms with van der Waals surface area (Å²) in [6, 6.07) is 18.2. The van der Waals surface area contributed by atoms with Crippen LogP contribution >= 0.6 is 7.60 Å². The Kier molecular flexibility index (Phi) is 10.4. The van der Waals surface area contributed by atoms with Gasteiger partial charge in [0.15, 0.2) is 5.82 Å². The van der Waals surface area contributed by atoms with Crippen molar-refractivity contribution in [1.82, 2.24) is 25.1 Å². The monoisotopic (exact) mass is 595 g/mol. The first-order valence-electron chi connectivity index (χ1n) is 13.7. The standard InChI is InChI=1S/C29H34N5O7P/c1-2-3-18-41-29(37)34-16-14-33(15-17-34)28(36)25(20-42(38,39)40)32-27(35)24-19-23(21-10-6-4-7-11-21)30-26(31-24)22-12-8-5-9-13-22/h4-13,19,25H,2-3,14-18,20H2,1H3,(H,32,35)(H2,38,39,40)/t25-/m0/s1. The molecule has 222 valence electrons. The van der Waals surface area contributed by atoms with Gasteiger partial charge in [-0.25, -0.2) is 14.8 Å². The number of hydrogen-bond acceptors (Lipinski definition) is 7. The van der Waals surface area contributed by atoms with Crippen molar-refractivity contribution in [2.45, 2.75) is 25.8 Å². The second-order valence-electron chi connectivity index (χ2n) is 9.85. The fourth-order valence-corrected chi connectivity index (χ4v) is 5.14. The van der Waals surface area contributed by atoms with Gasteiger partial charge in [-0.3, -0.25) is 14.2 Å². The average Bonchev–Trinajstić information content (AvgIpc) is 3.00. The zero-order valence-electron chi connectivity index (χ0n) is 23.3. The zero-order valence-corrected chi connectivity index (χ0v) is 24.2. The Morgan fingerprint density at radius 1 is 0.929 bits per heavy atom. The van der Waals surface area contributed by atoms with Gasteiger partial charge in [-0.1, -0.05) is 74.0 Å². The lowest BCUT2D eigenvalue weighted by molar-refractivity contribution is -0.134. The van der Waals surface area contributed by atoms with Gasteiger partial charge in [0.2, 0.25) is 5.91 Å². The summed E-state index contributed by atoms with van der Waals surface area (Å²) in [7, 11) is -4.71. The summed E-state index contributed by atoms with van der Waals surface area (Å²) in [5.74, 6) is -1.16. The van der Waals surface area contributed by atoms with Crippen LogP contribution < -0.4 is 5.32 Å². The second kappa shape index (κ2) is 14.2. The lowest BCUT2D eigenvalue weighted by atomic mass is 10.1. The highest BCUT2D eigenvalue weighted by Gasteiger charge is 2.35. The van der Waals surface area contributed by atoms with Gasteiger partial charge in [0, 0.05) is 37.3 Å². The number of nitrogens with one attached hydrogen (secondary N) is 1. The Morgan fingerprint density at radius 2 is 1.52 bits per heavy atom. The summed E-state index contributed by atoms with van der Waals surface area (Å²) in [4.78, 5) is 70.4. The number of carbonyl (C=O) groups is 3. The van der Waals surface area contributed by atoms with Gasteiger partial charge >= 0.3 is 13.7 Å². The second-order valence-corrected chi connectivity index (χ2v) is 11.5. The molecule has 1 saturated heterocycles. The minimum absolute atomic E-state index is 0.0640. The van der Waals surface area contributed by atoms with Gasteiger partial charge in [0.25, 0.3) is 5.91 Å². The first-order valence-corrected chi connectivity index (χ1v) is 15.5. The number of ether oxygens (including phenoxy) is 1. The number of amides is 3. The highest BCUT2D eigenvalue weighted by atomic mass is 31.2. The molecule has 1 aromatic heterocycles. The van der Waals surface area contributed by atoms with E-state index in [0.29, 0.717) is 17.9 Å². The van der Waals surface area contributed by atoms with E-state index >= 15 is 0 Å². The molecule has 0 unspecified atom stereocenters. The van der Waals surface area contributed by atoms with E-state index in [1.165, 1.54) is 15.9 Å². The molecule has 1 atom stereocenters. The summed E-state index contributed by atoms with van der Waals surface area (Å²) in [5, 5.41) is 2.49. The van der Waals surface area contributed by atoms with E-state index in [-0.39, 0.29) is 37.7 Å².